The van der Waals surface area contributed by atoms with Crippen LogP contribution in [-0.2, 0) is 0 Å². The fourth-order valence-electron chi connectivity index (χ4n) is 1.74. The Hall–Kier alpha value is -1.50. The molecule has 0 spiro atoms. The van der Waals surface area contributed by atoms with E-state index >= 15 is 0 Å². The van der Waals surface area contributed by atoms with Crippen molar-refractivity contribution in [3.05, 3.63) is 62.8 Å². The SMILES string of the molecule is NC(=S)c1c(F)cccc1NC(=O)c1cc(Cl)ccc1Br. The van der Waals surface area contributed by atoms with Gasteiger partial charge in [0.15, 0.2) is 0 Å². The summed E-state index contributed by atoms with van der Waals surface area (Å²) in [6.45, 7) is 0. The molecule has 0 aliphatic rings. The highest BCUT2D eigenvalue weighted by molar-refractivity contribution is 9.10. The lowest BCUT2D eigenvalue weighted by molar-refractivity contribution is 0.102. The van der Waals surface area contributed by atoms with Gasteiger partial charge in [0.1, 0.15) is 10.8 Å². The molecule has 0 fully saturated rings. The Balaban J connectivity index is 2.39. The minimum Gasteiger partial charge on any atom is -0.389 e. The first-order valence-corrected chi connectivity index (χ1v) is 7.33. The molecule has 0 saturated carbocycles. The highest BCUT2D eigenvalue weighted by atomic mass is 79.9. The quantitative estimate of drug-likeness (QED) is 0.779. The Morgan fingerprint density at radius 2 is 2.05 bits per heavy atom. The smallest absolute Gasteiger partial charge is 0.256 e. The number of carbonyl (C=O) groups is 1. The van der Waals surface area contributed by atoms with Gasteiger partial charge < -0.3 is 11.1 Å². The number of rotatable bonds is 3. The zero-order chi connectivity index (χ0) is 15.6. The number of amides is 1. The van der Waals surface area contributed by atoms with Crippen LogP contribution in [0.25, 0.3) is 0 Å². The van der Waals surface area contributed by atoms with Crippen molar-refractivity contribution < 1.29 is 9.18 Å². The molecule has 0 unspecified atom stereocenters. The molecule has 0 heterocycles. The van der Waals surface area contributed by atoms with E-state index in [1.165, 1.54) is 24.3 Å². The Kier molecular flexibility index (Phi) is 4.92. The van der Waals surface area contributed by atoms with Gasteiger partial charge in [-0.15, -0.1) is 0 Å². The van der Waals surface area contributed by atoms with Crippen molar-refractivity contribution in [3.8, 4) is 0 Å². The Bertz CT molecular complexity index is 739. The molecular weight excluding hydrogens is 379 g/mol. The summed E-state index contributed by atoms with van der Waals surface area (Å²) in [5.41, 5.74) is 6.02. The molecule has 2 rings (SSSR count). The van der Waals surface area contributed by atoms with Crippen LogP contribution in [0.2, 0.25) is 5.02 Å². The molecule has 0 aliphatic carbocycles. The zero-order valence-electron chi connectivity index (χ0n) is 10.5. The lowest BCUT2D eigenvalue weighted by atomic mass is 10.1. The summed E-state index contributed by atoms with van der Waals surface area (Å²) < 4.78 is 14.3. The number of thiocarbonyl (C=S) groups is 1. The van der Waals surface area contributed by atoms with Crippen LogP contribution in [0.3, 0.4) is 0 Å². The van der Waals surface area contributed by atoms with Gasteiger partial charge in [-0.25, -0.2) is 4.39 Å². The Morgan fingerprint density at radius 1 is 1.33 bits per heavy atom. The summed E-state index contributed by atoms with van der Waals surface area (Å²) in [6, 6.07) is 9.00. The van der Waals surface area contributed by atoms with Crippen LogP contribution in [0.5, 0.6) is 0 Å². The standard InChI is InChI=1S/C14H9BrClFN2OS/c15-9-5-4-7(16)6-8(9)14(20)19-11-3-1-2-10(17)12(11)13(18)21/h1-6H,(H2,18,21)(H,19,20). The lowest BCUT2D eigenvalue weighted by Crippen LogP contribution is -2.19. The number of carbonyl (C=O) groups excluding carboxylic acids is 1. The lowest BCUT2D eigenvalue weighted by Gasteiger charge is -2.12. The molecule has 3 N–H and O–H groups in total. The van der Waals surface area contributed by atoms with E-state index in [0.717, 1.165) is 0 Å². The van der Waals surface area contributed by atoms with Crippen LogP contribution < -0.4 is 11.1 Å². The minimum atomic E-state index is -0.592. The maximum absolute atomic E-state index is 13.7. The summed E-state index contributed by atoms with van der Waals surface area (Å²) >= 11 is 13.9. The fourth-order valence-corrected chi connectivity index (χ4v) is 2.55. The number of hydrogen-bond donors (Lipinski definition) is 2. The third kappa shape index (κ3) is 3.58. The van der Waals surface area contributed by atoms with Crippen molar-refractivity contribution in [2.75, 3.05) is 5.32 Å². The average molecular weight is 388 g/mol. The van der Waals surface area contributed by atoms with Gasteiger partial charge in [0.2, 0.25) is 0 Å². The Morgan fingerprint density at radius 3 is 2.71 bits per heavy atom. The summed E-state index contributed by atoms with van der Waals surface area (Å²) in [5, 5.41) is 3.00. The molecule has 0 bridgehead atoms. The Labute approximate surface area is 139 Å². The summed E-state index contributed by atoms with van der Waals surface area (Å²) in [5.74, 6) is -1.04. The van der Waals surface area contributed by atoms with Crippen LogP contribution in [0.15, 0.2) is 40.9 Å². The van der Waals surface area contributed by atoms with E-state index in [2.05, 4.69) is 21.2 Å². The van der Waals surface area contributed by atoms with Gasteiger partial charge in [-0.2, -0.15) is 0 Å². The largest absolute Gasteiger partial charge is 0.389 e. The molecule has 2 aromatic carbocycles. The van der Waals surface area contributed by atoms with Crippen LogP contribution >= 0.6 is 39.7 Å². The number of halogens is 3. The van der Waals surface area contributed by atoms with Crippen LogP contribution in [-0.4, -0.2) is 10.9 Å². The highest BCUT2D eigenvalue weighted by Gasteiger charge is 2.16. The topological polar surface area (TPSA) is 55.1 Å². The van der Waals surface area contributed by atoms with Crippen molar-refractivity contribution in [3.63, 3.8) is 0 Å². The number of hydrogen-bond acceptors (Lipinski definition) is 2. The maximum Gasteiger partial charge on any atom is 0.256 e. The van der Waals surface area contributed by atoms with Crippen LogP contribution in [0.1, 0.15) is 15.9 Å². The van der Waals surface area contributed by atoms with Crippen molar-refractivity contribution in [1.29, 1.82) is 0 Å². The first-order chi connectivity index (χ1) is 9.90. The van der Waals surface area contributed by atoms with E-state index in [1.54, 1.807) is 12.1 Å². The van der Waals surface area contributed by atoms with Gasteiger partial charge in [0.25, 0.3) is 5.91 Å². The zero-order valence-corrected chi connectivity index (χ0v) is 13.7. The molecule has 0 radical (unpaired) electrons. The summed E-state index contributed by atoms with van der Waals surface area (Å²) in [7, 11) is 0. The average Bonchev–Trinajstić information content (AvgIpc) is 2.41. The second-order valence-electron chi connectivity index (χ2n) is 4.10. The molecule has 1 amide bonds. The summed E-state index contributed by atoms with van der Waals surface area (Å²) in [4.78, 5) is 12.1. The number of nitrogens with one attached hydrogen (secondary N) is 1. The van der Waals surface area contributed by atoms with Gasteiger partial charge in [0, 0.05) is 9.50 Å². The summed E-state index contributed by atoms with van der Waals surface area (Å²) in [6.07, 6.45) is 0. The molecule has 2 aromatic rings. The van der Waals surface area contributed by atoms with Crippen molar-refractivity contribution >= 4 is 56.3 Å². The van der Waals surface area contributed by atoms with E-state index in [1.807, 2.05) is 0 Å². The van der Waals surface area contributed by atoms with E-state index in [-0.39, 0.29) is 16.2 Å². The monoisotopic (exact) mass is 386 g/mol. The van der Waals surface area contributed by atoms with Gasteiger partial charge in [0.05, 0.1) is 16.8 Å². The maximum atomic E-state index is 13.7. The molecule has 7 heteroatoms. The molecule has 3 nitrogen and oxygen atoms in total. The van der Waals surface area contributed by atoms with Gasteiger partial charge in [-0.3, -0.25) is 4.79 Å². The van der Waals surface area contributed by atoms with Gasteiger partial charge in [-0.05, 0) is 46.3 Å². The number of anilines is 1. The fraction of sp³-hybridized carbons (Fsp3) is 0. The van der Waals surface area contributed by atoms with E-state index in [9.17, 15) is 9.18 Å². The van der Waals surface area contributed by atoms with Crippen LogP contribution in [0.4, 0.5) is 10.1 Å². The molecule has 108 valence electrons. The molecule has 0 saturated heterocycles. The predicted molar refractivity (Wildman–Crippen MR) is 89.4 cm³/mol. The van der Waals surface area contributed by atoms with E-state index < -0.39 is 11.7 Å². The van der Waals surface area contributed by atoms with Gasteiger partial charge >= 0.3 is 0 Å². The third-order valence-electron chi connectivity index (χ3n) is 2.68. The van der Waals surface area contributed by atoms with Gasteiger partial charge in [-0.1, -0.05) is 29.9 Å². The number of nitrogens with two attached hydrogens (primary N) is 1. The van der Waals surface area contributed by atoms with Crippen molar-refractivity contribution in [1.82, 2.24) is 0 Å². The predicted octanol–water partition coefficient (Wildman–Crippen LogP) is 4.13. The van der Waals surface area contributed by atoms with Crippen molar-refractivity contribution in [2.24, 2.45) is 5.73 Å². The second-order valence-corrected chi connectivity index (χ2v) is 5.84. The first kappa shape index (κ1) is 15.9. The molecule has 21 heavy (non-hydrogen) atoms. The molecule has 0 aromatic heterocycles. The van der Waals surface area contributed by atoms with E-state index in [4.69, 9.17) is 29.6 Å². The second kappa shape index (κ2) is 6.51. The number of benzene rings is 2. The third-order valence-corrected chi connectivity index (χ3v) is 3.81. The van der Waals surface area contributed by atoms with E-state index in [0.29, 0.717) is 15.1 Å². The highest BCUT2D eigenvalue weighted by Crippen LogP contribution is 2.24. The van der Waals surface area contributed by atoms with Crippen LogP contribution in [0, 0.1) is 5.82 Å². The molecule has 0 atom stereocenters. The minimum absolute atomic E-state index is 0.000925. The normalized spacial score (nSPS) is 10.2. The van der Waals surface area contributed by atoms with Crippen molar-refractivity contribution in [2.45, 2.75) is 0 Å². The first-order valence-electron chi connectivity index (χ1n) is 5.75. The molecule has 0 aliphatic heterocycles. The molecular formula is C14H9BrClFN2OS.